The molecular weight excluding hydrogens is 292 g/mol. The summed E-state index contributed by atoms with van der Waals surface area (Å²) < 4.78 is 10.4. The van der Waals surface area contributed by atoms with Crippen molar-refractivity contribution < 1.29 is 19.1 Å². The standard InChI is InChI=1S/C16H13ClO4/c1-10(18)20-14-9-8-13(17)16(21-11(2)19)15(14)12-6-4-3-5-7-12/h3-9H,1-2H3. The van der Waals surface area contributed by atoms with Crippen LogP contribution in [0.2, 0.25) is 5.02 Å². The van der Waals surface area contributed by atoms with E-state index in [9.17, 15) is 9.59 Å². The number of benzene rings is 2. The SMILES string of the molecule is CC(=O)Oc1ccc(Cl)c(OC(C)=O)c1-c1ccccc1. The van der Waals surface area contributed by atoms with Crippen molar-refractivity contribution in [2.45, 2.75) is 13.8 Å². The minimum absolute atomic E-state index is 0.175. The molecule has 0 bridgehead atoms. The summed E-state index contributed by atoms with van der Waals surface area (Å²) in [6.07, 6.45) is 0. The average molecular weight is 305 g/mol. The van der Waals surface area contributed by atoms with Crippen molar-refractivity contribution in [1.82, 2.24) is 0 Å². The molecule has 5 heteroatoms. The molecular formula is C16H13ClO4. The Labute approximate surface area is 127 Å². The smallest absolute Gasteiger partial charge is 0.308 e. The van der Waals surface area contributed by atoms with Gasteiger partial charge in [0, 0.05) is 13.8 Å². The van der Waals surface area contributed by atoms with Crippen LogP contribution in [0.15, 0.2) is 42.5 Å². The Morgan fingerprint density at radius 2 is 1.52 bits per heavy atom. The van der Waals surface area contributed by atoms with Gasteiger partial charge in [-0.3, -0.25) is 9.59 Å². The van der Waals surface area contributed by atoms with Crippen LogP contribution in [0.4, 0.5) is 0 Å². The van der Waals surface area contributed by atoms with Gasteiger partial charge >= 0.3 is 11.9 Å². The van der Waals surface area contributed by atoms with Crippen molar-refractivity contribution in [3.05, 3.63) is 47.5 Å². The molecule has 2 aromatic carbocycles. The van der Waals surface area contributed by atoms with Gasteiger partial charge in [0.25, 0.3) is 0 Å². The molecule has 0 unspecified atom stereocenters. The predicted molar refractivity (Wildman–Crippen MR) is 79.5 cm³/mol. The molecule has 108 valence electrons. The maximum Gasteiger partial charge on any atom is 0.308 e. The second-order valence-electron chi connectivity index (χ2n) is 4.30. The predicted octanol–water partition coefficient (Wildman–Crippen LogP) is 3.86. The third-order valence-electron chi connectivity index (χ3n) is 2.63. The van der Waals surface area contributed by atoms with Crippen molar-refractivity contribution in [2.75, 3.05) is 0 Å². The lowest BCUT2D eigenvalue weighted by atomic mass is 10.0. The zero-order valence-electron chi connectivity index (χ0n) is 11.6. The van der Waals surface area contributed by atoms with Crippen LogP contribution < -0.4 is 9.47 Å². The maximum atomic E-state index is 11.3. The fraction of sp³-hybridized carbons (Fsp3) is 0.125. The van der Waals surface area contributed by atoms with Gasteiger partial charge in [-0.25, -0.2) is 0 Å². The summed E-state index contributed by atoms with van der Waals surface area (Å²) in [5.41, 5.74) is 1.20. The second-order valence-corrected chi connectivity index (χ2v) is 4.71. The number of ether oxygens (including phenoxy) is 2. The lowest BCUT2D eigenvalue weighted by molar-refractivity contribution is -0.132. The summed E-state index contributed by atoms with van der Waals surface area (Å²) in [4.78, 5) is 22.5. The summed E-state index contributed by atoms with van der Waals surface area (Å²) in [6, 6.07) is 12.2. The lowest BCUT2D eigenvalue weighted by Gasteiger charge is -2.15. The molecule has 2 rings (SSSR count). The molecule has 0 atom stereocenters. The topological polar surface area (TPSA) is 52.6 Å². The fourth-order valence-corrected chi connectivity index (χ4v) is 2.10. The third kappa shape index (κ3) is 3.61. The number of esters is 2. The number of rotatable bonds is 3. The molecule has 0 N–H and O–H groups in total. The van der Waals surface area contributed by atoms with E-state index < -0.39 is 11.9 Å². The molecule has 0 spiro atoms. The van der Waals surface area contributed by atoms with Crippen LogP contribution in [0.3, 0.4) is 0 Å². The van der Waals surface area contributed by atoms with Gasteiger partial charge in [0.05, 0.1) is 10.6 Å². The van der Waals surface area contributed by atoms with E-state index in [0.717, 1.165) is 5.56 Å². The van der Waals surface area contributed by atoms with Gasteiger partial charge in [0.1, 0.15) is 5.75 Å². The molecule has 0 saturated carbocycles. The van der Waals surface area contributed by atoms with Crippen LogP contribution in [0.25, 0.3) is 11.1 Å². The van der Waals surface area contributed by atoms with Gasteiger partial charge < -0.3 is 9.47 Å². The van der Waals surface area contributed by atoms with E-state index in [2.05, 4.69) is 0 Å². The Balaban J connectivity index is 2.68. The Morgan fingerprint density at radius 1 is 0.905 bits per heavy atom. The summed E-state index contributed by atoms with van der Waals surface area (Å²) in [5.74, 6) is -0.513. The number of carbonyl (C=O) groups excluding carboxylic acids is 2. The molecule has 0 saturated heterocycles. The summed E-state index contributed by atoms with van der Waals surface area (Å²) >= 11 is 6.11. The van der Waals surface area contributed by atoms with Crippen molar-refractivity contribution >= 4 is 23.5 Å². The summed E-state index contributed by atoms with van der Waals surface area (Å²) in [7, 11) is 0. The quantitative estimate of drug-likeness (QED) is 0.638. The highest BCUT2D eigenvalue weighted by Crippen LogP contribution is 2.43. The van der Waals surface area contributed by atoms with Crippen LogP contribution in [0, 0.1) is 0 Å². The molecule has 0 radical (unpaired) electrons. The van der Waals surface area contributed by atoms with E-state index in [1.165, 1.54) is 19.9 Å². The van der Waals surface area contributed by atoms with Crippen molar-refractivity contribution in [1.29, 1.82) is 0 Å². The normalized spacial score (nSPS) is 10.0. The van der Waals surface area contributed by atoms with E-state index in [1.54, 1.807) is 6.07 Å². The molecule has 21 heavy (non-hydrogen) atoms. The van der Waals surface area contributed by atoms with Gasteiger partial charge in [-0.05, 0) is 17.7 Å². The van der Waals surface area contributed by atoms with Crippen molar-refractivity contribution in [2.24, 2.45) is 0 Å². The van der Waals surface area contributed by atoms with Crippen LogP contribution in [-0.4, -0.2) is 11.9 Å². The maximum absolute atomic E-state index is 11.3. The first-order valence-electron chi connectivity index (χ1n) is 6.24. The van der Waals surface area contributed by atoms with Gasteiger partial charge in [-0.2, -0.15) is 0 Å². The monoisotopic (exact) mass is 304 g/mol. The minimum atomic E-state index is -0.506. The van der Waals surface area contributed by atoms with E-state index in [-0.39, 0.29) is 16.5 Å². The Kier molecular flexibility index (Phi) is 4.60. The first-order valence-corrected chi connectivity index (χ1v) is 6.61. The zero-order valence-corrected chi connectivity index (χ0v) is 12.3. The first kappa shape index (κ1) is 15.1. The third-order valence-corrected chi connectivity index (χ3v) is 2.93. The van der Waals surface area contributed by atoms with E-state index >= 15 is 0 Å². The highest BCUT2D eigenvalue weighted by atomic mass is 35.5. The minimum Gasteiger partial charge on any atom is -0.426 e. The second kappa shape index (κ2) is 6.41. The highest BCUT2D eigenvalue weighted by molar-refractivity contribution is 6.32. The number of carbonyl (C=O) groups is 2. The molecule has 0 fully saturated rings. The Hall–Kier alpha value is -2.33. The van der Waals surface area contributed by atoms with Gasteiger partial charge in [0.2, 0.25) is 0 Å². The van der Waals surface area contributed by atoms with Gasteiger partial charge in [-0.1, -0.05) is 41.9 Å². The Morgan fingerprint density at radius 3 is 2.10 bits per heavy atom. The average Bonchev–Trinajstić information content (AvgIpc) is 2.42. The van der Waals surface area contributed by atoms with Gasteiger partial charge in [-0.15, -0.1) is 0 Å². The Bertz CT molecular complexity index is 680. The first-order chi connectivity index (χ1) is 9.99. The van der Waals surface area contributed by atoms with Crippen LogP contribution in [-0.2, 0) is 9.59 Å². The zero-order chi connectivity index (χ0) is 15.4. The largest absolute Gasteiger partial charge is 0.426 e. The van der Waals surface area contributed by atoms with Crippen molar-refractivity contribution in [3.63, 3.8) is 0 Å². The molecule has 0 aromatic heterocycles. The number of hydrogen-bond donors (Lipinski definition) is 0. The van der Waals surface area contributed by atoms with E-state index in [4.69, 9.17) is 21.1 Å². The molecule has 0 aliphatic heterocycles. The summed E-state index contributed by atoms with van der Waals surface area (Å²) in [6.45, 7) is 2.58. The lowest BCUT2D eigenvalue weighted by Crippen LogP contribution is -2.07. The molecule has 0 heterocycles. The molecule has 0 amide bonds. The van der Waals surface area contributed by atoms with Crippen LogP contribution in [0.1, 0.15) is 13.8 Å². The summed E-state index contributed by atoms with van der Waals surface area (Å²) in [5, 5.41) is 0.264. The van der Waals surface area contributed by atoms with E-state index in [0.29, 0.717) is 5.56 Å². The highest BCUT2D eigenvalue weighted by Gasteiger charge is 2.19. The molecule has 2 aromatic rings. The van der Waals surface area contributed by atoms with Gasteiger partial charge in [0.15, 0.2) is 5.75 Å². The fourth-order valence-electron chi connectivity index (χ4n) is 1.90. The van der Waals surface area contributed by atoms with Crippen LogP contribution >= 0.6 is 11.6 Å². The van der Waals surface area contributed by atoms with Crippen LogP contribution in [0.5, 0.6) is 11.5 Å². The molecule has 4 nitrogen and oxygen atoms in total. The molecule has 0 aliphatic carbocycles. The van der Waals surface area contributed by atoms with Crippen molar-refractivity contribution in [3.8, 4) is 22.6 Å². The number of halogens is 1. The molecule has 0 aliphatic rings. The van der Waals surface area contributed by atoms with E-state index in [1.807, 2.05) is 30.3 Å². The number of hydrogen-bond acceptors (Lipinski definition) is 4.